The molecular formula is C14H15ClN2O2S. The summed E-state index contributed by atoms with van der Waals surface area (Å²) < 4.78 is 5.61. The number of hydrogen-bond acceptors (Lipinski definition) is 4. The standard InChI is InChI=1S/C14H15ClN2O2S/c15-13-8-10(14(16)17-18)3-4-11(13)9-19-6-5-12-2-1-7-20-12/h1-4,7-8,18H,5-6,9H2,(H2,16,17). The van der Waals surface area contributed by atoms with Crippen molar-refractivity contribution in [1.82, 2.24) is 0 Å². The quantitative estimate of drug-likeness (QED) is 0.283. The van der Waals surface area contributed by atoms with E-state index < -0.39 is 0 Å². The van der Waals surface area contributed by atoms with Gasteiger partial charge in [-0.15, -0.1) is 11.3 Å². The second-order valence-electron chi connectivity index (χ2n) is 4.17. The first-order valence-corrected chi connectivity index (χ1v) is 7.33. The first kappa shape index (κ1) is 14.8. The molecule has 0 fully saturated rings. The van der Waals surface area contributed by atoms with Gasteiger partial charge in [0.15, 0.2) is 5.84 Å². The minimum atomic E-state index is 0.0389. The van der Waals surface area contributed by atoms with Crippen LogP contribution in [0, 0.1) is 0 Å². The summed E-state index contributed by atoms with van der Waals surface area (Å²) in [6, 6.07) is 9.35. The minimum absolute atomic E-state index is 0.0389. The Bertz CT molecular complexity index is 585. The molecule has 2 aromatic rings. The van der Waals surface area contributed by atoms with E-state index in [4.69, 9.17) is 27.3 Å². The highest BCUT2D eigenvalue weighted by molar-refractivity contribution is 7.09. The van der Waals surface area contributed by atoms with E-state index in [1.165, 1.54) is 4.88 Å². The summed E-state index contributed by atoms with van der Waals surface area (Å²) in [6.07, 6.45) is 0.900. The first-order valence-electron chi connectivity index (χ1n) is 6.07. The van der Waals surface area contributed by atoms with Crippen molar-refractivity contribution in [2.24, 2.45) is 10.9 Å². The fourth-order valence-electron chi connectivity index (χ4n) is 1.69. The molecular weight excluding hydrogens is 296 g/mol. The Labute approximate surface area is 126 Å². The van der Waals surface area contributed by atoms with Gasteiger partial charge in [-0.3, -0.25) is 0 Å². The van der Waals surface area contributed by atoms with Gasteiger partial charge in [0.1, 0.15) is 0 Å². The van der Waals surface area contributed by atoms with Crippen molar-refractivity contribution in [2.75, 3.05) is 6.61 Å². The Morgan fingerprint density at radius 1 is 1.40 bits per heavy atom. The van der Waals surface area contributed by atoms with Crippen molar-refractivity contribution >= 4 is 28.8 Å². The molecule has 0 atom stereocenters. The van der Waals surface area contributed by atoms with Crippen molar-refractivity contribution in [3.63, 3.8) is 0 Å². The molecule has 0 amide bonds. The van der Waals surface area contributed by atoms with Crippen LogP contribution < -0.4 is 5.73 Å². The number of amidine groups is 1. The van der Waals surface area contributed by atoms with Crippen LogP contribution in [0.2, 0.25) is 5.02 Å². The summed E-state index contributed by atoms with van der Waals surface area (Å²) in [7, 11) is 0. The summed E-state index contributed by atoms with van der Waals surface area (Å²) in [5.74, 6) is 0.0389. The molecule has 1 aromatic carbocycles. The average Bonchev–Trinajstić information content (AvgIpc) is 2.97. The molecule has 0 saturated heterocycles. The Balaban J connectivity index is 1.87. The predicted molar refractivity (Wildman–Crippen MR) is 81.6 cm³/mol. The fraction of sp³-hybridized carbons (Fsp3) is 0.214. The largest absolute Gasteiger partial charge is 0.409 e. The molecule has 1 heterocycles. The van der Waals surface area contributed by atoms with Crippen LogP contribution in [0.15, 0.2) is 40.9 Å². The Morgan fingerprint density at radius 2 is 2.25 bits per heavy atom. The van der Waals surface area contributed by atoms with E-state index in [0.717, 1.165) is 12.0 Å². The van der Waals surface area contributed by atoms with Crippen molar-refractivity contribution in [3.05, 3.63) is 56.7 Å². The van der Waals surface area contributed by atoms with Crippen LogP contribution in [0.4, 0.5) is 0 Å². The van der Waals surface area contributed by atoms with Crippen LogP contribution in [0.1, 0.15) is 16.0 Å². The summed E-state index contributed by atoms with van der Waals surface area (Å²) in [5.41, 5.74) is 6.97. The van der Waals surface area contributed by atoms with Gasteiger partial charge in [0.2, 0.25) is 0 Å². The smallest absolute Gasteiger partial charge is 0.170 e. The maximum Gasteiger partial charge on any atom is 0.170 e. The number of rotatable bonds is 6. The van der Waals surface area contributed by atoms with E-state index in [0.29, 0.717) is 23.8 Å². The molecule has 0 spiro atoms. The zero-order chi connectivity index (χ0) is 14.4. The van der Waals surface area contributed by atoms with E-state index in [1.807, 2.05) is 12.1 Å². The Hall–Kier alpha value is -1.56. The molecule has 20 heavy (non-hydrogen) atoms. The third kappa shape index (κ3) is 3.96. The monoisotopic (exact) mass is 310 g/mol. The van der Waals surface area contributed by atoms with Crippen LogP contribution in [0.3, 0.4) is 0 Å². The maximum absolute atomic E-state index is 8.61. The van der Waals surface area contributed by atoms with Crippen LogP contribution in [-0.4, -0.2) is 17.6 Å². The lowest BCUT2D eigenvalue weighted by Crippen LogP contribution is -2.13. The van der Waals surface area contributed by atoms with E-state index in [1.54, 1.807) is 23.5 Å². The highest BCUT2D eigenvalue weighted by atomic mass is 35.5. The van der Waals surface area contributed by atoms with Gasteiger partial charge in [-0.2, -0.15) is 0 Å². The van der Waals surface area contributed by atoms with Gasteiger partial charge in [0, 0.05) is 21.9 Å². The number of halogens is 1. The van der Waals surface area contributed by atoms with Gasteiger partial charge in [0.05, 0.1) is 13.2 Å². The van der Waals surface area contributed by atoms with Gasteiger partial charge < -0.3 is 15.7 Å². The van der Waals surface area contributed by atoms with Crippen molar-refractivity contribution < 1.29 is 9.94 Å². The lowest BCUT2D eigenvalue weighted by Gasteiger charge is -2.07. The van der Waals surface area contributed by atoms with Crippen LogP contribution in [0.25, 0.3) is 0 Å². The average molecular weight is 311 g/mol. The normalized spacial score (nSPS) is 11.8. The van der Waals surface area contributed by atoms with Gasteiger partial charge >= 0.3 is 0 Å². The van der Waals surface area contributed by atoms with Crippen molar-refractivity contribution in [3.8, 4) is 0 Å². The summed E-state index contributed by atoms with van der Waals surface area (Å²) >= 11 is 7.86. The van der Waals surface area contributed by atoms with Crippen LogP contribution >= 0.6 is 22.9 Å². The Kier molecular flexibility index (Phi) is 5.40. The van der Waals surface area contributed by atoms with Gasteiger partial charge in [-0.05, 0) is 23.1 Å². The highest BCUT2D eigenvalue weighted by Gasteiger charge is 2.05. The lowest BCUT2D eigenvalue weighted by atomic mass is 10.1. The molecule has 2 rings (SSSR count). The molecule has 0 aliphatic rings. The summed E-state index contributed by atoms with van der Waals surface area (Å²) in [4.78, 5) is 1.30. The second kappa shape index (κ2) is 7.28. The minimum Gasteiger partial charge on any atom is -0.409 e. The zero-order valence-corrected chi connectivity index (χ0v) is 12.3. The number of hydrogen-bond donors (Lipinski definition) is 2. The molecule has 106 valence electrons. The molecule has 0 aliphatic heterocycles. The third-order valence-electron chi connectivity index (χ3n) is 2.79. The summed E-state index contributed by atoms with van der Waals surface area (Å²) in [6.45, 7) is 1.10. The number of nitrogens with zero attached hydrogens (tertiary/aromatic N) is 1. The molecule has 0 radical (unpaired) electrons. The SMILES string of the molecule is N/C(=N/O)c1ccc(COCCc2cccs2)c(Cl)c1. The van der Waals surface area contributed by atoms with Crippen molar-refractivity contribution in [2.45, 2.75) is 13.0 Å². The van der Waals surface area contributed by atoms with Crippen LogP contribution in [0.5, 0.6) is 0 Å². The number of benzene rings is 1. The molecule has 6 heteroatoms. The van der Waals surface area contributed by atoms with Crippen molar-refractivity contribution in [1.29, 1.82) is 0 Å². The zero-order valence-electron chi connectivity index (χ0n) is 10.8. The molecule has 0 unspecified atom stereocenters. The van der Waals surface area contributed by atoms with E-state index in [9.17, 15) is 0 Å². The van der Waals surface area contributed by atoms with Gasteiger partial charge in [-0.1, -0.05) is 35.0 Å². The number of nitrogens with two attached hydrogens (primary N) is 1. The lowest BCUT2D eigenvalue weighted by molar-refractivity contribution is 0.124. The third-order valence-corrected chi connectivity index (χ3v) is 4.08. The topological polar surface area (TPSA) is 67.8 Å². The highest BCUT2D eigenvalue weighted by Crippen LogP contribution is 2.19. The fourth-order valence-corrected chi connectivity index (χ4v) is 2.62. The van der Waals surface area contributed by atoms with E-state index >= 15 is 0 Å². The predicted octanol–water partition coefficient (Wildman–Crippen LogP) is 3.26. The van der Waals surface area contributed by atoms with Crippen LogP contribution in [-0.2, 0) is 17.8 Å². The molecule has 1 aromatic heterocycles. The first-order chi connectivity index (χ1) is 9.70. The maximum atomic E-state index is 8.61. The van der Waals surface area contributed by atoms with E-state index in [-0.39, 0.29) is 5.84 Å². The molecule has 4 nitrogen and oxygen atoms in total. The number of ether oxygens (including phenoxy) is 1. The molecule has 0 bridgehead atoms. The number of oxime groups is 1. The van der Waals surface area contributed by atoms with Gasteiger partial charge in [-0.25, -0.2) is 0 Å². The second-order valence-corrected chi connectivity index (χ2v) is 5.61. The Morgan fingerprint density at radius 3 is 2.90 bits per heavy atom. The van der Waals surface area contributed by atoms with Gasteiger partial charge in [0.25, 0.3) is 0 Å². The molecule has 0 aliphatic carbocycles. The number of thiophene rings is 1. The summed E-state index contributed by atoms with van der Waals surface area (Å²) in [5, 5.41) is 14.1. The molecule has 3 N–H and O–H groups in total. The molecule has 0 saturated carbocycles. The van der Waals surface area contributed by atoms with E-state index in [2.05, 4.69) is 16.6 Å².